The molecule has 0 aliphatic heterocycles. The number of nitrogens with one attached hydrogen (secondary N) is 1. The van der Waals surface area contributed by atoms with E-state index < -0.39 is 0 Å². The minimum atomic E-state index is 0.0582. The number of carbonyl (C=O) groups is 1. The molecule has 1 amide bonds. The Kier molecular flexibility index (Phi) is 5.44. The van der Waals surface area contributed by atoms with Gasteiger partial charge in [-0.3, -0.25) is 4.79 Å². The molecule has 26 heavy (non-hydrogen) atoms. The molecule has 0 radical (unpaired) electrons. The standard InChI is InChI=1S/C21H29N3O2/c1-14(2)20-23-18(26-24-20)11-7-10-17(25)22-19-16-9-6-5-8-15(16)12-13-21(19,3)4/h5-6,8-9,14,19H,7,10-13H2,1-4H3,(H,22,25)/t19-/m0/s1. The number of nitrogens with zero attached hydrogens (tertiary/aromatic N) is 2. The maximum atomic E-state index is 12.5. The van der Waals surface area contributed by atoms with Crippen LogP contribution in [0.5, 0.6) is 0 Å². The second kappa shape index (κ2) is 7.60. The quantitative estimate of drug-likeness (QED) is 0.836. The normalized spacial score (nSPS) is 18.6. The van der Waals surface area contributed by atoms with Crippen LogP contribution in [0.3, 0.4) is 0 Å². The molecule has 1 aromatic carbocycles. The highest BCUT2D eigenvalue weighted by atomic mass is 16.5. The number of amides is 1. The van der Waals surface area contributed by atoms with Crippen molar-refractivity contribution in [3.63, 3.8) is 0 Å². The molecule has 0 fully saturated rings. The van der Waals surface area contributed by atoms with Crippen molar-refractivity contribution in [3.8, 4) is 0 Å². The number of fused-ring (bicyclic) bond motifs is 1. The van der Waals surface area contributed by atoms with Gasteiger partial charge in [-0.05, 0) is 35.8 Å². The highest BCUT2D eigenvalue weighted by Crippen LogP contribution is 2.43. The first-order chi connectivity index (χ1) is 12.4. The second-order valence-corrected chi connectivity index (χ2v) is 8.24. The highest BCUT2D eigenvalue weighted by Gasteiger charge is 2.36. The summed E-state index contributed by atoms with van der Waals surface area (Å²) in [6.45, 7) is 8.54. The smallest absolute Gasteiger partial charge is 0.226 e. The first kappa shape index (κ1) is 18.6. The van der Waals surface area contributed by atoms with Gasteiger partial charge < -0.3 is 9.84 Å². The molecule has 0 spiro atoms. The molecule has 3 rings (SSSR count). The average molecular weight is 355 g/mol. The van der Waals surface area contributed by atoms with Crippen molar-refractivity contribution >= 4 is 5.91 Å². The lowest BCUT2D eigenvalue weighted by atomic mass is 9.70. The summed E-state index contributed by atoms with van der Waals surface area (Å²) in [6.07, 6.45) is 3.96. The largest absolute Gasteiger partial charge is 0.349 e. The third-order valence-electron chi connectivity index (χ3n) is 5.29. The topological polar surface area (TPSA) is 68.0 Å². The molecule has 5 heteroatoms. The van der Waals surface area contributed by atoms with Crippen LogP contribution in [0.4, 0.5) is 0 Å². The third kappa shape index (κ3) is 4.14. The van der Waals surface area contributed by atoms with E-state index in [0.29, 0.717) is 25.2 Å². The van der Waals surface area contributed by atoms with Crippen LogP contribution in [0, 0.1) is 5.41 Å². The van der Waals surface area contributed by atoms with Gasteiger partial charge >= 0.3 is 0 Å². The lowest BCUT2D eigenvalue weighted by Gasteiger charge is -2.40. The van der Waals surface area contributed by atoms with E-state index in [9.17, 15) is 4.79 Å². The van der Waals surface area contributed by atoms with Gasteiger partial charge in [0.25, 0.3) is 0 Å². The first-order valence-electron chi connectivity index (χ1n) is 9.56. The van der Waals surface area contributed by atoms with E-state index >= 15 is 0 Å². The molecule has 140 valence electrons. The summed E-state index contributed by atoms with van der Waals surface area (Å²) in [7, 11) is 0. The van der Waals surface area contributed by atoms with Gasteiger partial charge in [0.05, 0.1) is 6.04 Å². The van der Waals surface area contributed by atoms with Gasteiger partial charge in [-0.1, -0.05) is 57.1 Å². The highest BCUT2D eigenvalue weighted by molar-refractivity contribution is 5.76. The van der Waals surface area contributed by atoms with Crippen LogP contribution in [0.2, 0.25) is 0 Å². The SMILES string of the molecule is CC(C)c1noc(CCCC(=O)N[C@H]2c3ccccc3CCC2(C)C)n1. The van der Waals surface area contributed by atoms with E-state index in [1.807, 2.05) is 13.8 Å². The van der Waals surface area contributed by atoms with Crippen LogP contribution < -0.4 is 5.32 Å². The van der Waals surface area contributed by atoms with Crippen LogP contribution in [-0.2, 0) is 17.6 Å². The van der Waals surface area contributed by atoms with Gasteiger partial charge in [-0.25, -0.2) is 0 Å². The Balaban J connectivity index is 1.57. The van der Waals surface area contributed by atoms with Gasteiger partial charge in [0, 0.05) is 18.8 Å². The van der Waals surface area contributed by atoms with E-state index in [2.05, 4.69) is 53.6 Å². The molecule has 1 aliphatic carbocycles. The predicted octanol–water partition coefficient (Wildman–Crippen LogP) is 4.35. The van der Waals surface area contributed by atoms with E-state index in [0.717, 1.165) is 18.7 Å². The number of carbonyl (C=O) groups excluding carboxylic acids is 1. The predicted molar refractivity (Wildman–Crippen MR) is 101 cm³/mol. The molecular formula is C21H29N3O2. The Labute approximate surface area is 155 Å². The Hall–Kier alpha value is -2.17. The van der Waals surface area contributed by atoms with Crippen molar-refractivity contribution in [1.29, 1.82) is 0 Å². The van der Waals surface area contributed by atoms with Crippen LogP contribution in [-0.4, -0.2) is 16.0 Å². The zero-order valence-electron chi connectivity index (χ0n) is 16.2. The molecule has 1 aromatic heterocycles. The summed E-state index contributed by atoms with van der Waals surface area (Å²) < 4.78 is 5.24. The lowest BCUT2D eigenvalue weighted by molar-refractivity contribution is -0.123. The summed E-state index contributed by atoms with van der Waals surface area (Å²) in [5.41, 5.74) is 2.67. The van der Waals surface area contributed by atoms with E-state index in [-0.39, 0.29) is 23.3 Å². The van der Waals surface area contributed by atoms with Gasteiger partial charge in [0.2, 0.25) is 11.8 Å². The number of aromatic nitrogens is 2. The minimum absolute atomic E-state index is 0.0582. The van der Waals surface area contributed by atoms with E-state index in [4.69, 9.17) is 4.52 Å². The Bertz CT molecular complexity index is 764. The number of rotatable bonds is 6. The summed E-state index contributed by atoms with van der Waals surface area (Å²) in [4.78, 5) is 16.9. The molecular weight excluding hydrogens is 326 g/mol. The van der Waals surface area contributed by atoms with Crippen molar-refractivity contribution in [1.82, 2.24) is 15.5 Å². The van der Waals surface area contributed by atoms with Crippen LogP contribution in [0.1, 0.15) is 81.8 Å². The van der Waals surface area contributed by atoms with Gasteiger partial charge in [-0.15, -0.1) is 0 Å². The number of benzene rings is 1. The summed E-state index contributed by atoms with van der Waals surface area (Å²) in [5, 5.41) is 7.23. The van der Waals surface area contributed by atoms with Gasteiger partial charge in [0.1, 0.15) is 0 Å². The molecule has 1 heterocycles. The number of hydrogen-bond donors (Lipinski definition) is 1. The van der Waals surface area contributed by atoms with E-state index in [1.54, 1.807) is 0 Å². The summed E-state index contributed by atoms with van der Waals surface area (Å²) in [6, 6.07) is 8.52. The Morgan fingerprint density at radius 3 is 2.85 bits per heavy atom. The van der Waals surface area contributed by atoms with Crippen molar-refractivity contribution in [2.24, 2.45) is 5.41 Å². The van der Waals surface area contributed by atoms with Gasteiger partial charge in [-0.2, -0.15) is 4.98 Å². The van der Waals surface area contributed by atoms with Crippen molar-refractivity contribution in [2.45, 2.75) is 71.8 Å². The minimum Gasteiger partial charge on any atom is -0.349 e. The molecule has 2 aromatic rings. The van der Waals surface area contributed by atoms with Crippen molar-refractivity contribution < 1.29 is 9.32 Å². The van der Waals surface area contributed by atoms with Gasteiger partial charge in [0.15, 0.2) is 5.82 Å². The van der Waals surface area contributed by atoms with Crippen LogP contribution >= 0.6 is 0 Å². The maximum Gasteiger partial charge on any atom is 0.226 e. The number of hydrogen-bond acceptors (Lipinski definition) is 4. The second-order valence-electron chi connectivity index (χ2n) is 8.24. The zero-order valence-corrected chi connectivity index (χ0v) is 16.2. The fraction of sp³-hybridized carbons (Fsp3) is 0.571. The molecule has 1 atom stereocenters. The fourth-order valence-corrected chi connectivity index (χ4v) is 3.58. The summed E-state index contributed by atoms with van der Waals surface area (Å²) in [5.74, 6) is 1.68. The first-order valence-corrected chi connectivity index (χ1v) is 9.56. The molecule has 1 aliphatic rings. The Morgan fingerprint density at radius 1 is 1.35 bits per heavy atom. The molecule has 0 unspecified atom stereocenters. The monoisotopic (exact) mass is 355 g/mol. The fourth-order valence-electron chi connectivity index (χ4n) is 3.58. The molecule has 0 bridgehead atoms. The van der Waals surface area contributed by atoms with E-state index in [1.165, 1.54) is 11.1 Å². The Morgan fingerprint density at radius 2 is 2.12 bits per heavy atom. The maximum absolute atomic E-state index is 12.5. The summed E-state index contributed by atoms with van der Waals surface area (Å²) >= 11 is 0. The molecule has 0 saturated carbocycles. The molecule has 0 saturated heterocycles. The zero-order chi connectivity index (χ0) is 18.7. The van der Waals surface area contributed by atoms with Crippen molar-refractivity contribution in [2.75, 3.05) is 0 Å². The average Bonchev–Trinajstić information content (AvgIpc) is 3.07. The van der Waals surface area contributed by atoms with Crippen LogP contribution in [0.25, 0.3) is 0 Å². The third-order valence-corrected chi connectivity index (χ3v) is 5.29. The number of aryl methyl sites for hydroxylation is 2. The molecule has 5 nitrogen and oxygen atoms in total. The van der Waals surface area contributed by atoms with Crippen molar-refractivity contribution in [3.05, 3.63) is 47.1 Å². The lowest BCUT2D eigenvalue weighted by Crippen LogP contribution is -2.41. The van der Waals surface area contributed by atoms with Crippen LogP contribution in [0.15, 0.2) is 28.8 Å². The molecule has 1 N–H and O–H groups in total.